The summed E-state index contributed by atoms with van der Waals surface area (Å²) >= 11 is 0. The number of hydrogen-bond acceptors (Lipinski definition) is 4. The maximum absolute atomic E-state index is 12.3. The molecule has 3 N–H and O–H groups in total. The van der Waals surface area contributed by atoms with Gasteiger partial charge in [-0.25, -0.2) is 0 Å². The predicted octanol–water partition coefficient (Wildman–Crippen LogP) is 2.27. The second-order valence-corrected chi connectivity index (χ2v) is 6.38. The van der Waals surface area contributed by atoms with Crippen LogP contribution in [-0.4, -0.2) is 36.9 Å². The minimum absolute atomic E-state index is 0.144. The third-order valence-corrected chi connectivity index (χ3v) is 3.87. The van der Waals surface area contributed by atoms with Gasteiger partial charge in [0.05, 0.1) is 0 Å². The van der Waals surface area contributed by atoms with E-state index in [1.807, 2.05) is 25.1 Å². The first-order valence-electron chi connectivity index (χ1n) is 9.02. The van der Waals surface area contributed by atoms with Crippen molar-refractivity contribution in [1.82, 2.24) is 10.6 Å². The van der Waals surface area contributed by atoms with Gasteiger partial charge in [-0.2, -0.15) is 0 Å². The molecule has 7 nitrogen and oxygen atoms in total. The fourth-order valence-electron chi connectivity index (χ4n) is 2.41. The Morgan fingerprint density at radius 2 is 1.68 bits per heavy atom. The maximum atomic E-state index is 12.3. The summed E-state index contributed by atoms with van der Waals surface area (Å²) in [6.07, 6.45) is -0.668. The molecule has 7 heteroatoms. The molecule has 2 aromatic rings. The number of carbonyl (C=O) groups is 3. The SMILES string of the molecule is CC(=O)NCCNC(=O)c1ccc(NC(=O)C(C)Oc2cccc(C)c2)cc1. The zero-order valence-corrected chi connectivity index (χ0v) is 16.2. The van der Waals surface area contributed by atoms with Gasteiger partial charge in [0.2, 0.25) is 5.91 Å². The van der Waals surface area contributed by atoms with Gasteiger partial charge in [0.1, 0.15) is 5.75 Å². The van der Waals surface area contributed by atoms with Gasteiger partial charge < -0.3 is 20.7 Å². The first kappa shape index (κ1) is 21.0. The molecule has 148 valence electrons. The van der Waals surface area contributed by atoms with Crippen molar-refractivity contribution < 1.29 is 19.1 Å². The molecule has 2 rings (SSSR count). The number of rotatable bonds is 8. The molecular formula is C21H25N3O4. The highest BCUT2D eigenvalue weighted by Gasteiger charge is 2.15. The summed E-state index contributed by atoms with van der Waals surface area (Å²) in [5.41, 5.74) is 2.08. The number of anilines is 1. The van der Waals surface area contributed by atoms with E-state index in [1.165, 1.54) is 6.92 Å². The second-order valence-electron chi connectivity index (χ2n) is 6.38. The summed E-state index contributed by atoms with van der Waals surface area (Å²) in [7, 11) is 0. The molecule has 0 spiro atoms. The van der Waals surface area contributed by atoms with Crippen LogP contribution in [0.3, 0.4) is 0 Å². The first-order valence-corrected chi connectivity index (χ1v) is 9.02. The Morgan fingerprint density at radius 3 is 2.32 bits per heavy atom. The summed E-state index contributed by atoms with van der Waals surface area (Å²) < 4.78 is 5.66. The van der Waals surface area contributed by atoms with Crippen molar-refractivity contribution in [3.63, 3.8) is 0 Å². The molecule has 0 heterocycles. The molecule has 0 aliphatic heterocycles. The predicted molar refractivity (Wildman–Crippen MR) is 107 cm³/mol. The van der Waals surface area contributed by atoms with Crippen molar-refractivity contribution in [3.05, 3.63) is 59.7 Å². The van der Waals surface area contributed by atoms with E-state index in [0.717, 1.165) is 5.56 Å². The molecule has 0 radical (unpaired) electrons. The Morgan fingerprint density at radius 1 is 1.00 bits per heavy atom. The standard InChI is InChI=1S/C21H25N3O4/c1-14-5-4-6-19(13-14)28-15(2)20(26)24-18-9-7-17(8-10-18)21(27)23-12-11-22-16(3)25/h4-10,13,15H,11-12H2,1-3H3,(H,22,25)(H,23,27)(H,24,26). The molecule has 1 atom stereocenters. The normalized spacial score (nSPS) is 11.2. The molecule has 0 fully saturated rings. The van der Waals surface area contributed by atoms with Gasteiger partial charge in [0.15, 0.2) is 6.10 Å². The monoisotopic (exact) mass is 383 g/mol. The van der Waals surface area contributed by atoms with E-state index in [2.05, 4.69) is 16.0 Å². The van der Waals surface area contributed by atoms with Crippen LogP contribution in [0, 0.1) is 6.92 Å². The third-order valence-electron chi connectivity index (χ3n) is 3.87. The minimum Gasteiger partial charge on any atom is -0.481 e. The fourth-order valence-corrected chi connectivity index (χ4v) is 2.41. The van der Waals surface area contributed by atoms with Crippen LogP contribution in [0.5, 0.6) is 5.75 Å². The first-order chi connectivity index (χ1) is 13.3. The zero-order valence-electron chi connectivity index (χ0n) is 16.2. The minimum atomic E-state index is -0.668. The quantitative estimate of drug-likeness (QED) is 0.609. The van der Waals surface area contributed by atoms with E-state index in [9.17, 15) is 14.4 Å². The van der Waals surface area contributed by atoms with Gasteiger partial charge in [-0.1, -0.05) is 12.1 Å². The van der Waals surface area contributed by atoms with Crippen LogP contribution < -0.4 is 20.7 Å². The number of hydrogen-bond donors (Lipinski definition) is 3. The average molecular weight is 383 g/mol. The number of aryl methyl sites for hydroxylation is 1. The summed E-state index contributed by atoms with van der Waals surface area (Å²) in [5, 5.41) is 8.07. The molecular weight excluding hydrogens is 358 g/mol. The lowest BCUT2D eigenvalue weighted by Gasteiger charge is -2.15. The maximum Gasteiger partial charge on any atom is 0.265 e. The van der Waals surface area contributed by atoms with Crippen LogP contribution in [-0.2, 0) is 9.59 Å². The molecule has 0 saturated carbocycles. The summed E-state index contributed by atoms with van der Waals surface area (Å²) in [5.74, 6) is -0.0442. The summed E-state index contributed by atoms with van der Waals surface area (Å²) in [6.45, 7) is 5.75. The Labute approximate surface area is 164 Å². The lowest BCUT2D eigenvalue weighted by molar-refractivity contribution is -0.122. The van der Waals surface area contributed by atoms with Crippen molar-refractivity contribution in [2.75, 3.05) is 18.4 Å². The van der Waals surface area contributed by atoms with Crippen LogP contribution in [0.15, 0.2) is 48.5 Å². The van der Waals surface area contributed by atoms with E-state index in [-0.39, 0.29) is 17.7 Å². The lowest BCUT2D eigenvalue weighted by atomic mass is 10.2. The molecule has 0 aromatic heterocycles. The zero-order chi connectivity index (χ0) is 20.5. The van der Waals surface area contributed by atoms with Crippen LogP contribution in [0.4, 0.5) is 5.69 Å². The molecule has 2 aromatic carbocycles. The smallest absolute Gasteiger partial charge is 0.265 e. The lowest BCUT2D eigenvalue weighted by Crippen LogP contribution is -2.33. The topological polar surface area (TPSA) is 96.5 Å². The van der Waals surface area contributed by atoms with E-state index < -0.39 is 6.10 Å². The van der Waals surface area contributed by atoms with Crippen LogP contribution in [0.2, 0.25) is 0 Å². The number of nitrogens with one attached hydrogen (secondary N) is 3. The van der Waals surface area contributed by atoms with Crippen molar-refractivity contribution >= 4 is 23.4 Å². The largest absolute Gasteiger partial charge is 0.481 e. The van der Waals surface area contributed by atoms with Crippen LogP contribution in [0.1, 0.15) is 29.8 Å². The van der Waals surface area contributed by atoms with Gasteiger partial charge in [-0.15, -0.1) is 0 Å². The number of carbonyl (C=O) groups excluding carboxylic acids is 3. The van der Waals surface area contributed by atoms with Crippen molar-refractivity contribution in [3.8, 4) is 5.75 Å². The molecule has 0 saturated heterocycles. The Balaban J connectivity index is 1.84. The van der Waals surface area contributed by atoms with E-state index in [4.69, 9.17) is 4.74 Å². The van der Waals surface area contributed by atoms with Crippen molar-refractivity contribution in [2.24, 2.45) is 0 Å². The highest BCUT2D eigenvalue weighted by molar-refractivity contribution is 5.96. The molecule has 28 heavy (non-hydrogen) atoms. The van der Waals surface area contributed by atoms with E-state index in [0.29, 0.717) is 30.1 Å². The molecule has 0 bridgehead atoms. The third kappa shape index (κ3) is 6.75. The molecule has 0 aliphatic carbocycles. The second kappa shape index (κ2) is 10.1. The highest BCUT2D eigenvalue weighted by atomic mass is 16.5. The average Bonchev–Trinajstić information content (AvgIpc) is 2.65. The fraction of sp³-hybridized carbons (Fsp3) is 0.286. The van der Waals surface area contributed by atoms with E-state index >= 15 is 0 Å². The van der Waals surface area contributed by atoms with Crippen LogP contribution in [0.25, 0.3) is 0 Å². The molecule has 0 aliphatic rings. The Kier molecular flexibility index (Phi) is 7.56. The Bertz CT molecular complexity index is 834. The van der Waals surface area contributed by atoms with Gasteiger partial charge in [0.25, 0.3) is 11.8 Å². The number of amides is 3. The highest BCUT2D eigenvalue weighted by Crippen LogP contribution is 2.15. The van der Waals surface area contributed by atoms with Gasteiger partial charge in [0, 0.05) is 31.3 Å². The van der Waals surface area contributed by atoms with Gasteiger partial charge in [-0.05, 0) is 55.8 Å². The Hall–Kier alpha value is -3.35. The van der Waals surface area contributed by atoms with Crippen LogP contribution >= 0.6 is 0 Å². The van der Waals surface area contributed by atoms with Gasteiger partial charge >= 0.3 is 0 Å². The number of ether oxygens (including phenoxy) is 1. The summed E-state index contributed by atoms with van der Waals surface area (Å²) in [6, 6.07) is 14.0. The molecule has 3 amide bonds. The van der Waals surface area contributed by atoms with Crippen molar-refractivity contribution in [2.45, 2.75) is 26.9 Å². The van der Waals surface area contributed by atoms with Gasteiger partial charge in [-0.3, -0.25) is 14.4 Å². The molecule has 1 unspecified atom stereocenters. The number of benzene rings is 2. The van der Waals surface area contributed by atoms with Crippen molar-refractivity contribution in [1.29, 1.82) is 0 Å². The summed E-state index contributed by atoms with van der Waals surface area (Å²) in [4.78, 5) is 35.1. The van der Waals surface area contributed by atoms with E-state index in [1.54, 1.807) is 37.3 Å².